The van der Waals surface area contributed by atoms with E-state index in [1.54, 1.807) is 6.07 Å². The standard InChI is InChI=1S/C22H21FN6O2/c23-17-9-19-20(10-21(17)28-6-1-2-7-28)25-18(11-22(31)26-19)14-4-3-5-15(8-14)29-16(13-30)12-24-27-29/h3-5,8-10,12,30H,1-2,6-7,11,13H2,(H,26,31). The van der Waals surface area contributed by atoms with E-state index in [0.29, 0.717) is 34.2 Å². The number of anilines is 2. The predicted octanol–water partition coefficient (Wildman–Crippen LogP) is 2.96. The number of amides is 1. The molecule has 1 saturated heterocycles. The van der Waals surface area contributed by atoms with Crippen LogP contribution in [0.15, 0.2) is 47.6 Å². The summed E-state index contributed by atoms with van der Waals surface area (Å²) in [6.45, 7) is 1.43. The number of halogens is 1. The van der Waals surface area contributed by atoms with Crippen molar-refractivity contribution in [2.24, 2.45) is 4.99 Å². The number of carbonyl (C=O) groups excluding carboxylic acids is 1. The molecule has 0 atom stereocenters. The van der Waals surface area contributed by atoms with Gasteiger partial charge in [0.2, 0.25) is 5.91 Å². The molecule has 9 heteroatoms. The largest absolute Gasteiger partial charge is 0.390 e. The van der Waals surface area contributed by atoms with Gasteiger partial charge in [0, 0.05) is 19.2 Å². The average molecular weight is 420 g/mol. The van der Waals surface area contributed by atoms with Crippen molar-refractivity contribution < 1.29 is 14.3 Å². The highest BCUT2D eigenvalue weighted by Gasteiger charge is 2.23. The number of nitrogens with one attached hydrogen (secondary N) is 1. The van der Waals surface area contributed by atoms with E-state index in [1.807, 2.05) is 29.2 Å². The van der Waals surface area contributed by atoms with Crippen molar-refractivity contribution in [3.05, 3.63) is 59.7 Å². The molecule has 0 bridgehead atoms. The van der Waals surface area contributed by atoms with Crippen LogP contribution >= 0.6 is 0 Å². The van der Waals surface area contributed by atoms with Gasteiger partial charge in [0.25, 0.3) is 0 Å². The summed E-state index contributed by atoms with van der Waals surface area (Å²) in [5.41, 5.74) is 3.98. The maximum atomic E-state index is 14.7. The number of aliphatic hydroxyl groups is 1. The third kappa shape index (κ3) is 3.68. The van der Waals surface area contributed by atoms with Gasteiger partial charge in [0.05, 0.1) is 53.4 Å². The van der Waals surface area contributed by atoms with Gasteiger partial charge in [-0.3, -0.25) is 9.79 Å². The first-order valence-corrected chi connectivity index (χ1v) is 10.2. The van der Waals surface area contributed by atoms with Crippen LogP contribution in [0.3, 0.4) is 0 Å². The van der Waals surface area contributed by atoms with Crippen LogP contribution in [0.25, 0.3) is 5.69 Å². The smallest absolute Gasteiger partial charge is 0.230 e. The van der Waals surface area contributed by atoms with E-state index >= 15 is 0 Å². The summed E-state index contributed by atoms with van der Waals surface area (Å²) in [5, 5.41) is 20.1. The number of benzene rings is 2. The average Bonchev–Trinajstić information content (AvgIpc) is 3.44. The Kier molecular flexibility index (Phi) is 4.95. The fraction of sp³-hybridized carbons (Fsp3) is 0.273. The molecule has 0 spiro atoms. The molecule has 0 aliphatic carbocycles. The number of carbonyl (C=O) groups is 1. The van der Waals surface area contributed by atoms with Gasteiger partial charge in [-0.15, -0.1) is 5.10 Å². The first-order chi connectivity index (χ1) is 15.1. The lowest BCUT2D eigenvalue weighted by atomic mass is 10.1. The number of aliphatic imine (C=N–C) groups is 1. The highest BCUT2D eigenvalue weighted by atomic mass is 19.1. The number of nitrogens with zero attached hydrogens (tertiary/aromatic N) is 5. The lowest BCUT2D eigenvalue weighted by molar-refractivity contribution is -0.115. The van der Waals surface area contributed by atoms with Crippen molar-refractivity contribution in [1.29, 1.82) is 0 Å². The van der Waals surface area contributed by atoms with Gasteiger partial charge < -0.3 is 15.3 Å². The summed E-state index contributed by atoms with van der Waals surface area (Å²) in [6.07, 6.45) is 3.62. The van der Waals surface area contributed by atoms with E-state index < -0.39 is 0 Å². The first kappa shape index (κ1) is 19.4. The van der Waals surface area contributed by atoms with Crippen LogP contribution in [0, 0.1) is 5.82 Å². The molecule has 31 heavy (non-hydrogen) atoms. The molecule has 0 unspecified atom stereocenters. The van der Waals surface area contributed by atoms with Crippen LogP contribution in [0.4, 0.5) is 21.5 Å². The zero-order valence-electron chi connectivity index (χ0n) is 16.8. The SMILES string of the molecule is O=C1CC(c2cccc(-n3nncc3CO)c2)=Nc2cc(N3CCCC3)c(F)cc2N1. The molecular formula is C22H21FN6O2. The first-order valence-electron chi connectivity index (χ1n) is 10.2. The van der Waals surface area contributed by atoms with Gasteiger partial charge in [-0.05, 0) is 36.6 Å². The van der Waals surface area contributed by atoms with Crippen molar-refractivity contribution in [1.82, 2.24) is 15.0 Å². The molecule has 158 valence electrons. The minimum Gasteiger partial charge on any atom is -0.390 e. The Morgan fingerprint density at radius 1 is 1.16 bits per heavy atom. The molecule has 8 nitrogen and oxygen atoms in total. The number of aliphatic hydroxyl groups excluding tert-OH is 1. The Balaban J connectivity index is 1.57. The van der Waals surface area contributed by atoms with Crippen LogP contribution in [-0.4, -0.2) is 44.8 Å². The number of hydrogen-bond acceptors (Lipinski definition) is 6. The van der Waals surface area contributed by atoms with Crippen LogP contribution < -0.4 is 10.2 Å². The van der Waals surface area contributed by atoms with E-state index in [4.69, 9.17) is 4.99 Å². The minimum atomic E-state index is -0.357. The van der Waals surface area contributed by atoms with Crippen molar-refractivity contribution in [2.75, 3.05) is 23.3 Å². The summed E-state index contributed by atoms with van der Waals surface area (Å²) in [5.74, 6) is -0.614. The molecule has 3 heterocycles. The third-order valence-corrected chi connectivity index (χ3v) is 5.58. The molecule has 1 fully saturated rings. The second-order valence-electron chi connectivity index (χ2n) is 7.64. The van der Waals surface area contributed by atoms with Crippen LogP contribution in [-0.2, 0) is 11.4 Å². The molecule has 1 aromatic heterocycles. The predicted molar refractivity (Wildman–Crippen MR) is 115 cm³/mol. The van der Waals surface area contributed by atoms with E-state index in [1.165, 1.54) is 16.9 Å². The number of hydrogen-bond donors (Lipinski definition) is 2. The number of fused-ring (bicyclic) bond motifs is 1. The van der Waals surface area contributed by atoms with Crippen molar-refractivity contribution >= 4 is 28.7 Å². The third-order valence-electron chi connectivity index (χ3n) is 5.58. The fourth-order valence-electron chi connectivity index (χ4n) is 4.04. The molecule has 2 aromatic carbocycles. The molecule has 0 radical (unpaired) electrons. The second-order valence-corrected chi connectivity index (χ2v) is 7.64. The molecule has 2 aliphatic rings. The Morgan fingerprint density at radius 2 is 2.00 bits per heavy atom. The second kappa shape index (κ2) is 7.92. The van der Waals surface area contributed by atoms with Crippen molar-refractivity contribution in [3.8, 4) is 5.69 Å². The van der Waals surface area contributed by atoms with Crippen molar-refractivity contribution in [2.45, 2.75) is 25.9 Å². The van der Waals surface area contributed by atoms with Crippen molar-refractivity contribution in [3.63, 3.8) is 0 Å². The number of aromatic nitrogens is 3. The molecule has 0 saturated carbocycles. The highest BCUT2D eigenvalue weighted by Crippen LogP contribution is 2.36. The lowest BCUT2D eigenvalue weighted by Gasteiger charge is -2.19. The Morgan fingerprint density at radius 3 is 2.81 bits per heavy atom. The summed E-state index contributed by atoms with van der Waals surface area (Å²) < 4.78 is 16.3. The quantitative estimate of drug-likeness (QED) is 0.677. The Bertz CT molecular complexity index is 1180. The molecule has 1 amide bonds. The highest BCUT2D eigenvalue weighted by molar-refractivity contribution is 6.17. The summed E-state index contributed by atoms with van der Waals surface area (Å²) >= 11 is 0. The lowest BCUT2D eigenvalue weighted by Crippen LogP contribution is -2.19. The number of rotatable bonds is 4. The van der Waals surface area contributed by atoms with E-state index in [9.17, 15) is 14.3 Å². The summed E-state index contributed by atoms with van der Waals surface area (Å²) in [7, 11) is 0. The zero-order chi connectivity index (χ0) is 21.4. The monoisotopic (exact) mass is 420 g/mol. The molecule has 3 aromatic rings. The Labute approximate surface area is 178 Å². The van der Waals surface area contributed by atoms with Gasteiger partial charge in [0.1, 0.15) is 5.82 Å². The minimum absolute atomic E-state index is 0.0585. The molecule has 2 N–H and O–H groups in total. The van der Waals surface area contributed by atoms with Crippen LogP contribution in [0.1, 0.15) is 30.5 Å². The summed E-state index contributed by atoms with van der Waals surface area (Å²) in [4.78, 5) is 19.3. The molecule has 5 rings (SSSR count). The molecular weight excluding hydrogens is 399 g/mol. The van der Waals surface area contributed by atoms with Gasteiger partial charge in [0.15, 0.2) is 0 Å². The van der Waals surface area contributed by atoms with Crippen LogP contribution in [0.5, 0.6) is 0 Å². The Hall–Kier alpha value is -3.59. The van der Waals surface area contributed by atoms with Gasteiger partial charge in [-0.25, -0.2) is 9.07 Å². The van der Waals surface area contributed by atoms with Gasteiger partial charge in [-0.1, -0.05) is 17.3 Å². The maximum Gasteiger partial charge on any atom is 0.230 e. The maximum absolute atomic E-state index is 14.7. The molecule has 2 aliphatic heterocycles. The normalized spacial score (nSPS) is 16.0. The van der Waals surface area contributed by atoms with Gasteiger partial charge >= 0.3 is 0 Å². The zero-order valence-corrected chi connectivity index (χ0v) is 16.8. The summed E-state index contributed by atoms with van der Waals surface area (Å²) in [6, 6.07) is 10.4. The topological polar surface area (TPSA) is 95.6 Å². The fourth-order valence-corrected chi connectivity index (χ4v) is 4.04. The van der Waals surface area contributed by atoms with E-state index in [0.717, 1.165) is 31.5 Å². The van der Waals surface area contributed by atoms with Crippen LogP contribution in [0.2, 0.25) is 0 Å². The van der Waals surface area contributed by atoms with Gasteiger partial charge in [-0.2, -0.15) is 0 Å². The van der Waals surface area contributed by atoms with E-state index in [2.05, 4.69) is 15.6 Å². The van der Waals surface area contributed by atoms with E-state index in [-0.39, 0.29) is 24.8 Å².